The fraction of sp³-hybridized carbons (Fsp3) is 0.389. The minimum Gasteiger partial charge on any atom is -0.476 e. The molecule has 7 nitrogen and oxygen atoms in total. The summed E-state index contributed by atoms with van der Waals surface area (Å²) in [6.45, 7) is 3.57. The zero-order valence-corrected chi connectivity index (χ0v) is 15.1. The molecule has 1 aliphatic rings. The van der Waals surface area contributed by atoms with Crippen LogP contribution in [0.4, 0.5) is 4.79 Å². The third-order valence-corrected chi connectivity index (χ3v) is 4.85. The molecule has 1 aliphatic heterocycles. The number of hydrogen-bond donors (Lipinski definition) is 1. The molecule has 0 bridgehead atoms. The molecular weight excluding hydrogens is 358 g/mol. The first-order valence-electron chi connectivity index (χ1n) is 8.39. The lowest BCUT2D eigenvalue weighted by atomic mass is 10.1. The number of nitrogens with zero attached hydrogens (tertiary/aromatic N) is 3. The van der Waals surface area contributed by atoms with Crippen molar-refractivity contribution >= 4 is 23.6 Å². The molecule has 2 heterocycles. The fourth-order valence-electron chi connectivity index (χ4n) is 2.91. The SMILES string of the molecule is Cc1cc(COC2CCN(C(=O)n3ccc(C(=O)O)n3)CC2)ccc1Cl. The molecule has 0 atom stereocenters. The predicted octanol–water partition coefficient (Wildman–Crippen LogP) is 3.19. The highest BCUT2D eigenvalue weighted by atomic mass is 35.5. The Balaban J connectivity index is 1.49. The van der Waals surface area contributed by atoms with E-state index < -0.39 is 5.97 Å². The standard InChI is InChI=1S/C18H20ClN3O4/c1-12-10-13(2-3-15(12)19)11-26-14-4-7-21(8-5-14)18(25)22-9-6-16(20-22)17(23)24/h2-3,6,9-10,14H,4-5,7-8,11H2,1H3,(H,23,24). The Morgan fingerprint density at radius 2 is 2.04 bits per heavy atom. The number of carbonyl (C=O) groups is 2. The number of carbonyl (C=O) groups excluding carboxylic acids is 1. The number of ether oxygens (including phenoxy) is 1. The number of halogens is 1. The van der Waals surface area contributed by atoms with Gasteiger partial charge in [0.15, 0.2) is 5.69 Å². The molecule has 1 N–H and O–H groups in total. The zero-order chi connectivity index (χ0) is 18.7. The van der Waals surface area contributed by atoms with Gasteiger partial charge >= 0.3 is 12.0 Å². The first kappa shape index (κ1) is 18.4. The van der Waals surface area contributed by atoms with E-state index in [-0.39, 0.29) is 17.8 Å². The third kappa shape index (κ3) is 4.23. The van der Waals surface area contributed by atoms with Gasteiger partial charge in [0.1, 0.15) is 0 Å². The second kappa shape index (κ2) is 7.88. The number of carboxylic acids is 1. The van der Waals surface area contributed by atoms with E-state index in [9.17, 15) is 9.59 Å². The number of likely N-dealkylation sites (tertiary alicyclic amines) is 1. The minimum absolute atomic E-state index is 0.0854. The molecule has 1 aromatic heterocycles. The Bertz CT molecular complexity index is 813. The number of aromatic carboxylic acids is 1. The largest absolute Gasteiger partial charge is 0.476 e. The molecule has 0 aliphatic carbocycles. The lowest BCUT2D eigenvalue weighted by Gasteiger charge is -2.31. The van der Waals surface area contributed by atoms with Crippen LogP contribution < -0.4 is 0 Å². The summed E-state index contributed by atoms with van der Waals surface area (Å²) >= 11 is 6.03. The van der Waals surface area contributed by atoms with Crippen molar-refractivity contribution in [2.45, 2.75) is 32.5 Å². The number of hydrogen-bond acceptors (Lipinski definition) is 4. The van der Waals surface area contributed by atoms with Crippen LogP contribution >= 0.6 is 11.6 Å². The fourth-order valence-corrected chi connectivity index (χ4v) is 3.03. The second-order valence-electron chi connectivity index (χ2n) is 6.31. The molecule has 0 unspecified atom stereocenters. The van der Waals surface area contributed by atoms with E-state index in [1.807, 2.05) is 25.1 Å². The smallest absolute Gasteiger partial charge is 0.356 e. The molecule has 0 radical (unpaired) electrons. The van der Waals surface area contributed by atoms with Crippen molar-refractivity contribution in [3.8, 4) is 0 Å². The lowest BCUT2D eigenvalue weighted by molar-refractivity contribution is 0.00434. The van der Waals surface area contributed by atoms with Gasteiger partial charge in [0.05, 0.1) is 12.7 Å². The van der Waals surface area contributed by atoms with Crippen LogP contribution in [0.1, 0.15) is 34.5 Å². The second-order valence-corrected chi connectivity index (χ2v) is 6.72. The van der Waals surface area contributed by atoms with E-state index in [0.717, 1.165) is 33.7 Å². The van der Waals surface area contributed by atoms with E-state index >= 15 is 0 Å². The topological polar surface area (TPSA) is 84.7 Å². The number of benzene rings is 1. The molecule has 1 saturated heterocycles. The first-order valence-corrected chi connectivity index (χ1v) is 8.76. The summed E-state index contributed by atoms with van der Waals surface area (Å²) in [4.78, 5) is 24.9. The normalized spacial score (nSPS) is 15.2. The average molecular weight is 378 g/mol. The number of rotatable bonds is 4. The van der Waals surface area contributed by atoms with Gasteiger partial charge in [-0.1, -0.05) is 23.7 Å². The van der Waals surface area contributed by atoms with Gasteiger partial charge < -0.3 is 14.7 Å². The summed E-state index contributed by atoms with van der Waals surface area (Å²) in [7, 11) is 0. The summed E-state index contributed by atoms with van der Waals surface area (Å²) in [5.41, 5.74) is 1.95. The molecule has 26 heavy (non-hydrogen) atoms. The number of aromatic nitrogens is 2. The molecule has 1 fully saturated rings. The van der Waals surface area contributed by atoms with Crippen LogP contribution in [-0.4, -0.2) is 51.0 Å². The van der Waals surface area contributed by atoms with Crippen molar-refractivity contribution in [1.82, 2.24) is 14.7 Å². The highest BCUT2D eigenvalue weighted by Crippen LogP contribution is 2.20. The Kier molecular flexibility index (Phi) is 5.58. The number of carboxylic acid groups (broad SMARTS) is 1. The van der Waals surface area contributed by atoms with Crippen LogP contribution in [0.2, 0.25) is 5.02 Å². The summed E-state index contributed by atoms with van der Waals surface area (Å²) in [5, 5.41) is 13.4. The first-order chi connectivity index (χ1) is 12.4. The number of piperidine rings is 1. The van der Waals surface area contributed by atoms with Crippen molar-refractivity contribution in [2.75, 3.05) is 13.1 Å². The van der Waals surface area contributed by atoms with Gasteiger partial charge in [-0.15, -0.1) is 0 Å². The van der Waals surface area contributed by atoms with Crippen molar-refractivity contribution in [2.24, 2.45) is 0 Å². The molecule has 0 spiro atoms. The van der Waals surface area contributed by atoms with Crippen molar-refractivity contribution in [3.05, 3.63) is 52.3 Å². The summed E-state index contributed by atoms with van der Waals surface area (Å²) < 4.78 is 7.02. The number of amides is 1. The van der Waals surface area contributed by atoms with E-state index in [1.54, 1.807) is 4.90 Å². The zero-order valence-electron chi connectivity index (χ0n) is 14.4. The van der Waals surface area contributed by atoms with Crippen LogP contribution in [0.25, 0.3) is 0 Å². The van der Waals surface area contributed by atoms with Gasteiger partial charge in [0.2, 0.25) is 0 Å². The van der Waals surface area contributed by atoms with Gasteiger partial charge in [-0.2, -0.15) is 9.78 Å². The lowest BCUT2D eigenvalue weighted by Crippen LogP contribution is -2.43. The van der Waals surface area contributed by atoms with E-state index in [1.165, 1.54) is 12.3 Å². The molecule has 8 heteroatoms. The van der Waals surface area contributed by atoms with Crippen molar-refractivity contribution in [3.63, 3.8) is 0 Å². The molecule has 1 amide bonds. The highest BCUT2D eigenvalue weighted by Gasteiger charge is 2.25. The molecule has 0 saturated carbocycles. The molecule has 138 valence electrons. The van der Waals surface area contributed by atoms with E-state index in [0.29, 0.717) is 19.7 Å². The quantitative estimate of drug-likeness (QED) is 0.884. The minimum atomic E-state index is -1.15. The molecule has 2 aromatic rings. The van der Waals surface area contributed by atoms with Crippen LogP contribution in [-0.2, 0) is 11.3 Å². The van der Waals surface area contributed by atoms with Gasteiger partial charge in [-0.25, -0.2) is 9.59 Å². The van der Waals surface area contributed by atoms with Gasteiger partial charge in [0.25, 0.3) is 0 Å². The maximum Gasteiger partial charge on any atom is 0.356 e. The van der Waals surface area contributed by atoms with Gasteiger partial charge in [0, 0.05) is 24.3 Å². The Labute approximate surface area is 156 Å². The maximum absolute atomic E-state index is 12.4. The van der Waals surface area contributed by atoms with Crippen LogP contribution in [0.3, 0.4) is 0 Å². The van der Waals surface area contributed by atoms with Crippen LogP contribution in [0.5, 0.6) is 0 Å². The Hall–Kier alpha value is -2.38. The molecule has 3 rings (SSSR count). The van der Waals surface area contributed by atoms with E-state index in [2.05, 4.69) is 5.10 Å². The summed E-state index contributed by atoms with van der Waals surface area (Å²) in [6.07, 6.45) is 2.91. The molecule has 1 aromatic carbocycles. The molecular formula is C18H20ClN3O4. The summed E-state index contributed by atoms with van der Waals surface area (Å²) in [6, 6.07) is 6.82. The van der Waals surface area contributed by atoms with E-state index in [4.69, 9.17) is 21.4 Å². The number of aryl methyl sites for hydroxylation is 1. The van der Waals surface area contributed by atoms with Crippen molar-refractivity contribution in [1.29, 1.82) is 0 Å². The monoisotopic (exact) mass is 377 g/mol. The average Bonchev–Trinajstić information content (AvgIpc) is 3.13. The maximum atomic E-state index is 12.4. The Morgan fingerprint density at radius 3 is 2.65 bits per heavy atom. The van der Waals surface area contributed by atoms with Gasteiger partial charge in [-0.05, 0) is 43.0 Å². The predicted molar refractivity (Wildman–Crippen MR) is 95.6 cm³/mol. The van der Waals surface area contributed by atoms with Gasteiger partial charge in [-0.3, -0.25) is 0 Å². The summed E-state index contributed by atoms with van der Waals surface area (Å²) in [5.74, 6) is -1.15. The third-order valence-electron chi connectivity index (χ3n) is 4.42. The van der Waals surface area contributed by atoms with Crippen LogP contribution in [0, 0.1) is 6.92 Å². The highest BCUT2D eigenvalue weighted by molar-refractivity contribution is 6.31. The Morgan fingerprint density at radius 1 is 1.31 bits per heavy atom. The van der Waals surface area contributed by atoms with Crippen molar-refractivity contribution < 1.29 is 19.4 Å². The van der Waals surface area contributed by atoms with Crippen LogP contribution in [0.15, 0.2) is 30.5 Å².